The Morgan fingerprint density at radius 1 is 1.18 bits per heavy atom. The van der Waals surface area contributed by atoms with Crippen LogP contribution in [0.3, 0.4) is 0 Å². The molecule has 0 amide bonds. The summed E-state index contributed by atoms with van der Waals surface area (Å²) < 4.78 is 14.3. The molecule has 0 fully saturated rings. The summed E-state index contributed by atoms with van der Waals surface area (Å²) in [6.07, 6.45) is 2.69. The minimum absolute atomic E-state index is 0.478. The molecule has 0 aliphatic rings. The van der Waals surface area contributed by atoms with Gasteiger partial charge in [-0.3, -0.25) is 4.21 Å². The Morgan fingerprint density at radius 3 is 2.77 bits per heavy atom. The number of rotatable bonds is 5. The number of imidazole rings is 1. The van der Waals surface area contributed by atoms with Gasteiger partial charge < -0.3 is 4.40 Å². The molecule has 22 heavy (non-hydrogen) atoms. The van der Waals surface area contributed by atoms with Crippen molar-refractivity contribution in [1.29, 1.82) is 0 Å². The lowest BCUT2D eigenvalue weighted by Gasteiger charge is -2.03. The fourth-order valence-electron chi connectivity index (χ4n) is 2.43. The van der Waals surface area contributed by atoms with Gasteiger partial charge in [-0.2, -0.15) is 0 Å². The molecule has 1 atom stereocenters. The first-order valence-corrected chi connectivity index (χ1v) is 9.02. The highest BCUT2D eigenvalue weighted by Gasteiger charge is 2.08. The summed E-state index contributed by atoms with van der Waals surface area (Å²) in [7, 11) is -0.948. The molecule has 3 nitrogen and oxygen atoms in total. The minimum Gasteiger partial charge on any atom is -0.304 e. The summed E-state index contributed by atoms with van der Waals surface area (Å²) in [5.74, 6) is 1.07. The second-order valence-electron chi connectivity index (χ2n) is 5.26. The highest BCUT2D eigenvalue weighted by molar-refractivity contribution is 7.84. The van der Waals surface area contributed by atoms with E-state index in [1.165, 1.54) is 0 Å². The fraction of sp³-hybridized carbons (Fsp3) is 0.235. The standard InChI is InChI=1S/C17H17ClN2OS/c1-13-5-4-8-17-19-15(11-20(13)17)12-22(21)10-9-14-6-2-3-7-16(14)18/h2-8,11H,9-10,12H2,1H3/t22-/m0/s1. The molecular weight excluding hydrogens is 316 g/mol. The molecule has 0 saturated heterocycles. The van der Waals surface area contributed by atoms with E-state index >= 15 is 0 Å². The highest BCUT2D eigenvalue weighted by atomic mass is 35.5. The van der Waals surface area contributed by atoms with Crippen LogP contribution in [0.15, 0.2) is 48.7 Å². The average Bonchev–Trinajstić information content (AvgIpc) is 2.90. The van der Waals surface area contributed by atoms with Crippen LogP contribution in [0.2, 0.25) is 5.02 Å². The van der Waals surface area contributed by atoms with Crippen molar-refractivity contribution in [3.05, 3.63) is 70.6 Å². The third-order valence-electron chi connectivity index (χ3n) is 3.61. The molecule has 0 bridgehead atoms. The van der Waals surface area contributed by atoms with Gasteiger partial charge >= 0.3 is 0 Å². The molecule has 1 aromatic carbocycles. The van der Waals surface area contributed by atoms with E-state index in [2.05, 4.69) is 4.98 Å². The quantitative estimate of drug-likeness (QED) is 0.712. The van der Waals surface area contributed by atoms with Crippen molar-refractivity contribution in [3.63, 3.8) is 0 Å². The maximum Gasteiger partial charge on any atom is 0.137 e. The normalized spacial score (nSPS) is 12.6. The molecule has 0 spiro atoms. The topological polar surface area (TPSA) is 34.4 Å². The summed E-state index contributed by atoms with van der Waals surface area (Å²) in [6, 6.07) is 13.7. The molecule has 0 saturated carbocycles. The number of fused-ring (bicyclic) bond motifs is 1. The number of aromatic nitrogens is 2. The second-order valence-corrected chi connectivity index (χ2v) is 7.24. The Morgan fingerprint density at radius 2 is 2.00 bits per heavy atom. The maximum atomic E-state index is 12.3. The van der Waals surface area contributed by atoms with E-state index in [9.17, 15) is 4.21 Å². The summed E-state index contributed by atoms with van der Waals surface area (Å²) in [6.45, 7) is 2.03. The van der Waals surface area contributed by atoms with Gasteiger partial charge in [-0.25, -0.2) is 4.98 Å². The zero-order valence-corrected chi connectivity index (χ0v) is 13.9. The van der Waals surface area contributed by atoms with E-state index in [-0.39, 0.29) is 0 Å². The van der Waals surface area contributed by atoms with Gasteiger partial charge in [-0.1, -0.05) is 35.9 Å². The van der Waals surface area contributed by atoms with Crippen molar-refractivity contribution in [2.24, 2.45) is 0 Å². The van der Waals surface area contributed by atoms with Crippen LogP contribution in [0.25, 0.3) is 5.65 Å². The predicted octanol–water partition coefficient (Wildman–Crippen LogP) is 3.79. The van der Waals surface area contributed by atoms with E-state index in [4.69, 9.17) is 11.6 Å². The van der Waals surface area contributed by atoms with Crippen molar-refractivity contribution in [2.75, 3.05) is 5.75 Å². The van der Waals surface area contributed by atoms with E-state index in [1.54, 1.807) is 0 Å². The van der Waals surface area contributed by atoms with E-state index in [1.807, 2.05) is 60.0 Å². The zero-order valence-electron chi connectivity index (χ0n) is 12.3. The number of aryl methyl sites for hydroxylation is 2. The molecule has 0 aliphatic heterocycles. The summed E-state index contributed by atoms with van der Waals surface area (Å²) in [4.78, 5) is 4.53. The van der Waals surface area contributed by atoms with Gasteiger partial charge in [0.15, 0.2) is 0 Å². The van der Waals surface area contributed by atoms with Gasteiger partial charge in [-0.15, -0.1) is 0 Å². The van der Waals surface area contributed by atoms with Crippen molar-refractivity contribution in [1.82, 2.24) is 9.38 Å². The number of benzene rings is 1. The minimum atomic E-state index is -0.948. The first-order valence-electron chi connectivity index (χ1n) is 7.15. The van der Waals surface area contributed by atoms with Crippen molar-refractivity contribution in [3.8, 4) is 0 Å². The maximum absolute atomic E-state index is 12.3. The van der Waals surface area contributed by atoms with Gasteiger partial charge in [0, 0.05) is 33.5 Å². The summed E-state index contributed by atoms with van der Waals surface area (Å²) in [5.41, 5.74) is 3.94. The second kappa shape index (κ2) is 6.63. The lowest BCUT2D eigenvalue weighted by Crippen LogP contribution is -2.04. The van der Waals surface area contributed by atoms with Crippen LogP contribution >= 0.6 is 11.6 Å². The van der Waals surface area contributed by atoms with Crippen LogP contribution in [0.4, 0.5) is 0 Å². The zero-order chi connectivity index (χ0) is 15.5. The molecule has 114 valence electrons. The van der Waals surface area contributed by atoms with Crippen LogP contribution < -0.4 is 0 Å². The predicted molar refractivity (Wildman–Crippen MR) is 91.8 cm³/mol. The third-order valence-corrected chi connectivity index (χ3v) is 5.26. The molecule has 0 unspecified atom stereocenters. The van der Waals surface area contributed by atoms with Crippen LogP contribution in [0.1, 0.15) is 17.0 Å². The van der Waals surface area contributed by atoms with Crippen LogP contribution in [0.5, 0.6) is 0 Å². The highest BCUT2D eigenvalue weighted by Crippen LogP contribution is 2.16. The SMILES string of the molecule is Cc1cccc2nc(C[S@@](=O)CCc3ccccc3Cl)cn12. The number of pyridine rings is 1. The molecule has 0 radical (unpaired) electrons. The lowest BCUT2D eigenvalue weighted by atomic mass is 10.2. The Bertz CT molecular complexity index is 828. The van der Waals surface area contributed by atoms with E-state index in [0.29, 0.717) is 11.5 Å². The molecular formula is C17H17ClN2OS. The summed E-state index contributed by atoms with van der Waals surface area (Å²) in [5, 5.41) is 0.739. The van der Waals surface area contributed by atoms with Crippen molar-refractivity contribution >= 4 is 28.0 Å². The number of hydrogen-bond acceptors (Lipinski definition) is 2. The first kappa shape index (κ1) is 15.3. The van der Waals surface area contributed by atoms with Gasteiger partial charge in [0.1, 0.15) is 5.65 Å². The van der Waals surface area contributed by atoms with Gasteiger partial charge in [0.05, 0.1) is 11.4 Å². The van der Waals surface area contributed by atoms with Gasteiger partial charge in [0.2, 0.25) is 0 Å². The molecule has 2 aromatic heterocycles. The summed E-state index contributed by atoms with van der Waals surface area (Å²) >= 11 is 6.12. The average molecular weight is 333 g/mol. The van der Waals surface area contributed by atoms with Crippen molar-refractivity contribution in [2.45, 2.75) is 19.1 Å². The number of nitrogens with zero attached hydrogens (tertiary/aromatic N) is 2. The fourth-order valence-corrected chi connectivity index (χ4v) is 3.72. The Hall–Kier alpha value is -1.65. The molecule has 0 aliphatic carbocycles. The Kier molecular flexibility index (Phi) is 4.60. The lowest BCUT2D eigenvalue weighted by molar-refractivity contribution is 0.681. The Balaban J connectivity index is 1.66. The molecule has 3 aromatic rings. The largest absolute Gasteiger partial charge is 0.304 e. The van der Waals surface area contributed by atoms with E-state index in [0.717, 1.165) is 34.0 Å². The number of halogens is 1. The number of hydrogen-bond donors (Lipinski definition) is 0. The Labute approximate surface area is 137 Å². The molecule has 2 heterocycles. The smallest absolute Gasteiger partial charge is 0.137 e. The van der Waals surface area contributed by atoms with Crippen molar-refractivity contribution < 1.29 is 4.21 Å². The first-order chi connectivity index (χ1) is 10.6. The molecule has 3 rings (SSSR count). The van der Waals surface area contributed by atoms with E-state index < -0.39 is 10.8 Å². The van der Waals surface area contributed by atoms with Crippen LogP contribution in [-0.2, 0) is 23.0 Å². The molecule has 0 N–H and O–H groups in total. The van der Waals surface area contributed by atoms with Gasteiger partial charge in [-0.05, 0) is 37.1 Å². The molecule has 5 heteroatoms. The van der Waals surface area contributed by atoms with Crippen LogP contribution in [0, 0.1) is 6.92 Å². The monoisotopic (exact) mass is 332 g/mol. The van der Waals surface area contributed by atoms with Crippen LogP contribution in [-0.4, -0.2) is 19.3 Å². The van der Waals surface area contributed by atoms with Gasteiger partial charge in [0.25, 0.3) is 0 Å². The third kappa shape index (κ3) is 3.39.